The van der Waals surface area contributed by atoms with Crippen molar-refractivity contribution in [2.24, 2.45) is 0 Å². The zero-order valence-corrected chi connectivity index (χ0v) is 9.82. The monoisotopic (exact) mass is 234 g/mol. The average molecular weight is 234 g/mol. The molecule has 1 aliphatic rings. The Kier molecular flexibility index (Phi) is 4.38. The molecule has 1 aromatic rings. The smallest absolute Gasteiger partial charge is 0.237 e. The normalized spacial score (nSPS) is 18.9. The topological polar surface area (TPSA) is 50.4 Å². The Balaban J connectivity index is 1.61. The average Bonchev–Trinajstić information content (AvgIpc) is 2.89. The second-order valence-electron chi connectivity index (χ2n) is 4.10. The predicted molar refractivity (Wildman–Crippen MR) is 66.0 cm³/mol. The van der Waals surface area contributed by atoms with E-state index in [2.05, 4.69) is 10.6 Å². The minimum absolute atomic E-state index is 0.00766. The highest BCUT2D eigenvalue weighted by Crippen LogP contribution is 2.07. The van der Waals surface area contributed by atoms with Crippen LogP contribution in [0.1, 0.15) is 12.8 Å². The van der Waals surface area contributed by atoms with E-state index in [1.54, 1.807) is 0 Å². The van der Waals surface area contributed by atoms with E-state index < -0.39 is 0 Å². The fourth-order valence-electron chi connectivity index (χ4n) is 1.89. The lowest BCUT2D eigenvalue weighted by atomic mass is 10.2. The van der Waals surface area contributed by atoms with Crippen LogP contribution in [0.25, 0.3) is 0 Å². The van der Waals surface area contributed by atoms with Gasteiger partial charge in [-0.25, -0.2) is 0 Å². The van der Waals surface area contributed by atoms with Gasteiger partial charge in [-0.1, -0.05) is 18.2 Å². The van der Waals surface area contributed by atoms with Gasteiger partial charge in [-0.15, -0.1) is 0 Å². The molecule has 4 heteroatoms. The first-order valence-corrected chi connectivity index (χ1v) is 6.05. The molecular weight excluding hydrogens is 216 g/mol. The van der Waals surface area contributed by atoms with Crippen LogP contribution in [0, 0.1) is 0 Å². The largest absolute Gasteiger partial charge is 0.492 e. The van der Waals surface area contributed by atoms with Crippen LogP contribution in [0.15, 0.2) is 30.3 Å². The molecule has 0 saturated carbocycles. The molecule has 0 radical (unpaired) electrons. The highest BCUT2D eigenvalue weighted by molar-refractivity contribution is 5.81. The third-order valence-corrected chi connectivity index (χ3v) is 2.79. The molecule has 0 aromatic heterocycles. The van der Waals surface area contributed by atoms with Gasteiger partial charge in [0.15, 0.2) is 0 Å². The maximum Gasteiger partial charge on any atom is 0.237 e. The zero-order valence-electron chi connectivity index (χ0n) is 9.82. The molecule has 4 nitrogen and oxygen atoms in total. The van der Waals surface area contributed by atoms with Gasteiger partial charge in [0.2, 0.25) is 5.91 Å². The Morgan fingerprint density at radius 3 is 2.94 bits per heavy atom. The summed E-state index contributed by atoms with van der Waals surface area (Å²) in [5, 5.41) is 6.03. The van der Waals surface area contributed by atoms with Gasteiger partial charge in [-0.05, 0) is 31.5 Å². The zero-order chi connectivity index (χ0) is 11.9. The maximum atomic E-state index is 11.6. The first-order valence-electron chi connectivity index (χ1n) is 6.05. The number of para-hydroxylation sites is 1. The number of carbonyl (C=O) groups is 1. The van der Waals surface area contributed by atoms with Crippen molar-refractivity contribution in [1.82, 2.24) is 10.6 Å². The molecule has 1 aliphatic heterocycles. The molecule has 0 unspecified atom stereocenters. The number of hydrogen-bond donors (Lipinski definition) is 2. The Bertz CT molecular complexity index is 348. The summed E-state index contributed by atoms with van der Waals surface area (Å²) in [4.78, 5) is 11.6. The summed E-state index contributed by atoms with van der Waals surface area (Å²) in [7, 11) is 0. The summed E-state index contributed by atoms with van der Waals surface area (Å²) in [6.45, 7) is 1.99. The van der Waals surface area contributed by atoms with Crippen LogP contribution in [0.3, 0.4) is 0 Å². The first-order chi connectivity index (χ1) is 8.36. The van der Waals surface area contributed by atoms with Gasteiger partial charge >= 0.3 is 0 Å². The summed E-state index contributed by atoms with van der Waals surface area (Å²) in [6, 6.07) is 9.60. The summed E-state index contributed by atoms with van der Waals surface area (Å²) in [5.74, 6) is 0.917. The maximum absolute atomic E-state index is 11.6. The van der Waals surface area contributed by atoms with Crippen molar-refractivity contribution in [1.29, 1.82) is 0 Å². The van der Waals surface area contributed by atoms with E-state index in [9.17, 15) is 4.79 Å². The second-order valence-corrected chi connectivity index (χ2v) is 4.10. The number of rotatable bonds is 5. The quantitative estimate of drug-likeness (QED) is 0.745. The molecule has 1 amide bonds. The van der Waals surface area contributed by atoms with Gasteiger partial charge in [0.05, 0.1) is 12.6 Å². The van der Waals surface area contributed by atoms with Gasteiger partial charge in [0, 0.05) is 0 Å². The van der Waals surface area contributed by atoms with Crippen LogP contribution >= 0.6 is 0 Å². The molecule has 92 valence electrons. The molecule has 0 bridgehead atoms. The Morgan fingerprint density at radius 2 is 2.24 bits per heavy atom. The van der Waals surface area contributed by atoms with Gasteiger partial charge in [0.25, 0.3) is 0 Å². The minimum atomic E-state index is -0.00766. The van der Waals surface area contributed by atoms with Crippen molar-refractivity contribution in [3.8, 4) is 5.75 Å². The van der Waals surface area contributed by atoms with Gasteiger partial charge in [-0.3, -0.25) is 4.79 Å². The van der Waals surface area contributed by atoms with Gasteiger partial charge in [0.1, 0.15) is 12.4 Å². The van der Waals surface area contributed by atoms with Crippen LogP contribution in [-0.2, 0) is 4.79 Å². The van der Waals surface area contributed by atoms with Crippen molar-refractivity contribution >= 4 is 5.91 Å². The number of hydrogen-bond acceptors (Lipinski definition) is 3. The van der Waals surface area contributed by atoms with Crippen molar-refractivity contribution in [2.45, 2.75) is 18.9 Å². The Morgan fingerprint density at radius 1 is 1.41 bits per heavy atom. The highest BCUT2D eigenvalue weighted by Gasteiger charge is 2.21. The lowest BCUT2D eigenvalue weighted by molar-refractivity contribution is -0.122. The number of amides is 1. The third kappa shape index (κ3) is 3.75. The van der Waals surface area contributed by atoms with Crippen molar-refractivity contribution in [3.63, 3.8) is 0 Å². The number of carbonyl (C=O) groups excluding carboxylic acids is 1. The fraction of sp³-hybridized carbons (Fsp3) is 0.462. The number of nitrogens with one attached hydrogen (secondary N) is 2. The van der Waals surface area contributed by atoms with Crippen molar-refractivity contribution in [2.75, 3.05) is 19.7 Å². The van der Waals surface area contributed by atoms with Gasteiger partial charge in [-0.2, -0.15) is 0 Å². The van der Waals surface area contributed by atoms with Crippen LogP contribution in [0.2, 0.25) is 0 Å². The molecule has 1 saturated heterocycles. The SMILES string of the molecule is O=C(NCCOc1ccccc1)[C@H]1CCCN1. The van der Waals surface area contributed by atoms with Crippen LogP contribution in [0.5, 0.6) is 5.75 Å². The summed E-state index contributed by atoms with van der Waals surface area (Å²) in [6.07, 6.45) is 2.02. The van der Waals surface area contributed by atoms with Crippen LogP contribution < -0.4 is 15.4 Å². The molecule has 1 fully saturated rings. The summed E-state index contributed by atoms with van der Waals surface area (Å²) in [5.41, 5.74) is 0. The summed E-state index contributed by atoms with van der Waals surface area (Å²) >= 11 is 0. The van der Waals surface area contributed by atoms with E-state index in [1.165, 1.54) is 0 Å². The fourth-order valence-corrected chi connectivity index (χ4v) is 1.89. The van der Waals surface area contributed by atoms with Crippen molar-refractivity contribution < 1.29 is 9.53 Å². The third-order valence-electron chi connectivity index (χ3n) is 2.79. The molecule has 2 N–H and O–H groups in total. The molecule has 0 aliphatic carbocycles. The molecule has 17 heavy (non-hydrogen) atoms. The lowest BCUT2D eigenvalue weighted by Crippen LogP contribution is -2.41. The molecule has 2 rings (SSSR count). The van der Waals surface area contributed by atoms with E-state index in [0.717, 1.165) is 25.1 Å². The predicted octanol–water partition coefficient (Wildman–Crippen LogP) is 0.934. The van der Waals surface area contributed by atoms with Crippen LogP contribution in [0.4, 0.5) is 0 Å². The van der Waals surface area contributed by atoms with Crippen LogP contribution in [-0.4, -0.2) is 31.6 Å². The van der Waals surface area contributed by atoms with E-state index in [4.69, 9.17) is 4.74 Å². The standard InChI is InChI=1S/C13H18N2O2/c16-13(12-7-4-8-14-12)15-9-10-17-11-5-2-1-3-6-11/h1-3,5-6,12,14H,4,7-10H2,(H,15,16)/t12-/m1/s1. The molecule has 1 aromatic carbocycles. The molecule has 1 heterocycles. The lowest BCUT2D eigenvalue weighted by Gasteiger charge is -2.11. The second kappa shape index (κ2) is 6.25. The number of benzene rings is 1. The van der Waals surface area contributed by atoms with E-state index in [1.807, 2.05) is 30.3 Å². The van der Waals surface area contributed by atoms with Gasteiger partial charge < -0.3 is 15.4 Å². The minimum Gasteiger partial charge on any atom is -0.492 e. The van der Waals surface area contributed by atoms with Crippen molar-refractivity contribution in [3.05, 3.63) is 30.3 Å². The van der Waals surface area contributed by atoms with E-state index >= 15 is 0 Å². The molecule has 1 atom stereocenters. The highest BCUT2D eigenvalue weighted by atomic mass is 16.5. The Labute approximate surface area is 101 Å². The molecule has 0 spiro atoms. The first kappa shape index (κ1) is 11.9. The summed E-state index contributed by atoms with van der Waals surface area (Å²) < 4.78 is 5.48. The Hall–Kier alpha value is -1.55. The molecular formula is C13H18N2O2. The van der Waals surface area contributed by atoms with E-state index in [0.29, 0.717) is 13.2 Å². The number of ether oxygens (including phenoxy) is 1. The van der Waals surface area contributed by atoms with E-state index in [-0.39, 0.29) is 11.9 Å².